The second-order valence-electron chi connectivity index (χ2n) is 5.42. The molecule has 3 rings (SSSR count). The van der Waals surface area contributed by atoms with Crippen molar-refractivity contribution in [3.63, 3.8) is 0 Å². The van der Waals surface area contributed by atoms with E-state index in [9.17, 15) is 0 Å². The molecule has 0 atom stereocenters. The minimum atomic E-state index is 1.01. The third-order valence-electron chi connectivity index (χ3n) is 4.23. The Morgan fingerprint density at radius 3 is 2.60 bits per heavy atom. The van der Waals surface area contributed by atoms with E-state index in [1.165, 1.54) is 35.9 Å². The van der Waals surface area contributed by atoms with E-state index in [0.29, 0.717) is 0 Å². The summed E-state index contributed by atoms with van der Waals surface area (Å²) in [5.41, 5.74) is 3.70. The van der Waals surface area contributed by atoms with Gasteiger partial charge in [0.25, 0.3) is 0 Å². The van der Waals surface area contributed by atoms with Gasteiger partial charge in [0.15, 0.2) is 5.76 Å². The molecule has 0 saturated heterocycles. The summed E-state index contributed by atoms with van der Waals surface area (Å²) in [6, 6.07) is 8.41. The number of furan rings is 1. The molecular formula is C18H23NO. The summed E-state index contributed by atoms with van der Waals surface area (Å²) in [4.78, 5) is 2.41. The molecule has 0 aliphatic heterocycles. The molecule has 0 amide bonds. The van der Waals surface area contributed by atoms with Crippen molar-refractivity contribution in [3.05, 3.63) is 36.1 Å². The number of hydrogen-bond acceptors (Lipinski definition) is 2. The number of hydrogen-bond donors (Lipinski definition) is 0. The number of fused-ring (bicyclic) bond motifs is 1. The van der Waals surface area contributed by atoms with Gasteiger partial charge < -0.3 is 9.32 Å². The first-order valence-electron chi connectivity index (χ1n) is 7.81. The van der Waals surface area contributed by atoms with E-state index in [1.807, 2.05) is 0 Å². The highest BCUT2D eigenvalue weighted by molar-refractivity contribution is 5.97. The lowest BCUT2D eigenvalue weighted by atomic mass is 9.96. The Balaban J connectivity index is 2.19. The number of anilines is 1. The monoisotopic (exact) mass is 269 g/mol. The van der Waals surface area contributed by atoms with Gasteiger partial charge in [0.1, 0.15) is 5.58 Å². The van der Waals surface area contributed by atoms with Crippen LogP contribution >= 0.6 is 0 Å². The quantitative estimate of drug-likeness (QED) is 0.755. The van der Waals surface area contributed by atoms with Gasteiger partial charge in [0, 0.05) is 18.5 Å². The normalized spacial score (nSPS) is 15.4. The highest BCUT2D eigenvalue weighted by Gasteiger charge is 2.21. The van der Waals surface area contributed by atoms with Crippen molar-refractivity contribution >= 4 is 22.2 Å². The molecule has 2 heteroatoms. The summed E-state index contributed by atoms with van der Waals surface area (Å²) in [6.07, 6.45) is 7.29. The van der Waals surface area contributed by atoms with Crippen LogP contribution in [-0.4, -0.2) is 13.1 Å². The first-order valence-corrected chi connectivity index (χ1v) is 7.81. The number of nitrogens with zero attached hydrogens (tertiary/aromatic N) is 1. The highest BCUT2D eigenvalue weighted by atomic mass is 16.3. The summed E-state index contributed by atoms with van der Waals surface area (Å²) in [6.45, 7) is 6.45. The maximum absolute atomic E-state index is 6.21. The Labute approximate surface area is 121 Å². The molecule has 0 bridgehead atoms. The van der Waals surface area contributed by atoms with Gasteiger partial charge in [-0.1, -0.05) is 18.2 Å². The van der Waals surface area contributed by atoms with Crippen molar-refractivity contribution in [3.8, 4) is 0 Å². The molecule has 1 aliphatic carbocycles. The molecule has 20 heavy (non-hydrogen) atoms. The zero-order valence-corrected chi connectivity index (χ0v) is 12.5. The molecule has 0 fully saturated rings. The van der Waals surface area contributed by atoms with E-state index >= 15 is 0 Å². The van der Waals surface area contributed by atoms with Gasteiger partial charge in [0.2, 0.25) is 0 Å². The van der Waals surface area contributed by atoms with Crippen LogP contribution in [-0.2, 0) is 0 Å². The van der Waals surface area contributed by atoms with Crippen molar-refractivity contribution in [2.24, 2.45) is 0 Å². The minimum absolute atomic E-state index is 1.01. The summed E-state index contributed by atoms with van der Waals surface area (Å²) in [5, 5.41) is 1.25. The SMILES string of the molecule is CCN(CC)c1c(C2=CCCCC2)oc2ccccc12. The van der Waals surface area contributed by atoms with Crippen LogP contribution in [0.15, 0.2) is 34.8 Å². The zero-order valence-electron chi connectivity index (χ0n) is 12.5. The zero-order chi connectivity index (χ0) is 13.9. The molecule has 1 aliphatic rings. The number of benzene rings is 1. The lowest BCUT2D eigenvalue weighted by molar-refractivity contribution is 0.587. The largest absolute Gasteiger partial charge is 0.454 e. The van der Waals surface area contributed by atoms with Gasteiger partial charge in [-0.25, -0.2) is 0 Å². The van der Waals surface area contributed by atoms with Crippen LogP contribution in [0.5, 0.6) is 0 Å². The molecule has 0 spiro atoms. The summed E-state index contributed by atoms with van der Waals surface area (Å²) in [7, 11) is 0. The molecule has 0 radical (unpaired) electrons. The second-order valence-corrected chi connectivity index (χ2v) is 5.42. The first kappa shape index (κ1) is 13.3. The summed E-state index contributed by atoms with van der Waals surface area (Å²) < 4.78 is 6.21. The number of allylic oxidation sites excluding steroid dienone is 2. The van der Waals surface area contributed by atoms with E-state index in [0.717, 1.165) is 30.9 Å². The predicted octanol–water partition coefficient (Wildman–Crippen LogP) is 5.24. The van der Waals surface area contributed by atoms with Crippen LogP contribution < -0.4 is 4.90 Å². The highest BCUT2D eigenvalue weighted by Crippen LogP contribution is 2.40. The van der Waals surface area contributed by atoms with Gasteiger partial charge in [-0.3, -0.25) is 0 Å². The Bertz CT molecular complexity index is 619. The van der Waals surface area contributed by atoms with Crippen LogP contribution in [0.25, 0.3) is 16.5 Å². The molecule has 106 valence electrons. The number of rotatable bonds is 4. The Kier molecular flexibility index (Phi) is 3.81. The Morgan fingerprint density at radius 1 is 1.10 bits per heavy atom. The fourth-order valence-electron chi connectivity index (χ4n) is 3.15. The number of para-hydroxylation sites is 1. The average molecular weight is 269 g/mol. The maximum Gasteiger partial charge on any atom is 0.154 e. The molecular weight excluding hydrogens is 246 g/mol. The average Bonchev–Trinajstić information content (AvgIpc) is 2.89. The molecule has 0 unspecified atom stereocenters. The minimum Gasteiger partial charge on any atom is -0.454 e. The van der Waals surface area contributed by atoms with Crippen LogP contribution in [0.4, 0.5) is 5.69 Å². The van der Waals surface area contributed by atoms with Gasteiger partial charge in [0.05, 0.1) is 5.69 Å². The van der Waals surface area contributed by atoms with Crippen molar-refractivity contribution in [1.29, 1.82) is 0 Å². The van der Waals surface area contributed by atoms with Crippen LogP contribution in [0.3, 0.4) is 0 Å². The van der Waals surface area contributed by atoms with Gasteiger partial charge >= 0.3 is 0 Å². The van der Waals surface area contributed by atoms with E-state index in [2.05, 4.69) is 49.1 Å². The van der Waals surface area contributed by atoms with Crippen molar-refractivity contribution in [2.45, 2.75) is 39.5 Å². The van der Waals surface area contributed by atoms with Crippen molar-refractivity contribution in [1.82, 2.24) is 0 Å². The summed E-state index contributed by atoms with van der Waals surface area (Å²) in [5.74, 6) is 1.11. The Morgan fingerprint density at radius 2 is 1.90 bits per heavy atom. The third-order valence-corrected chi connectivity index (χ3v) is 4.23. The third kappa shape index (κ3) is 2.24. The van der Waals surface area contributed by atoms with E-state index in [-0.39, 0.29) is 0 Å². The standard InChI is InChI=1S/C18H23NO/c1-3-19(4-2)17-15-12-8-9-13-16(15)20-18(17)14-10-6-5-7-11-14/h8-10,12-13H,3-7,11H2,1-2H3. The van der Waals surface area contributed by atoms with Gasteiger partial charge in [-0.2, -0.15) is 0 Å². The van der Waals surface area contributed by atoms with Crippen LogP contribution in [0.1, 0.15) is 45.3 Å². The fraction of sp³-hybridized carbons (Fsp3) is 0.444. The first-order chi connectivity index (χ1) is 9.85. The lowest BCUT2D eigenvalue weighted by Gasteiger charge is -2.22. The van der Waals surface area contributed by atoms with Crippen molar-refractivity contribution < 1.29 is 4.42 Å². The second kappa shape index (κ2) is 5.74. The topological polar surface area (TPSA) is 16.4 Å². The molecule has 1 aromatic carbocycles. The molecule has 0 N–H and O–H groups in total. The smallest absolute Gasteiger partial charge is 0.154 e. The molecule has 0 saturated carbocycles. The van der Waals surface area contributed by atoms with Gasteiger partial charge in [-0.05, 0) is 57.2 Å². The van der Waals surface area contributed by atoms with E-state index < -0.39 is 0 Å². The summed E-state index contributed by atoms with van der Waals surface area (Å²) >= 11 is 0. The van der Waals surface area contributed by atoms with Gasteiger partial charge in [-0.15, -0.1) is 0 Å². The predicted molar refractivity (Wildman–Crippen MR) is 86.2 cm³/mol. The maximum atomic E-state index is 6.21. The van der Waals surface area contributed by atoms with E-state index in [4.69, 9.17) is 4.42 Å². The fourth-order valence-corrected chi connectivity index (χ4v) is 3.15. The lowest BCUT2D eigenvalue weighted by Crippen LogP contribution is -2.22. The molecule has 2 nitrogen and oxygen atoms in total. The molecule has 1 aromatic heterocycles. The molecule has 1 heterocycles. The van der Waals surface area contributed by atoms with Crippen molar-refractivity contribution in [2.75, 3.05) is 18.0 Å². The van der Waals surface area contributed by atoms with Crippen LogP contribution in [0.2, 0.25) is 0 Å². The molecule has 2 aromatic rings. The Hall–Kier alpha value is -1.70. The van der Waals surface area contributed by atoms with E-state index in [1.54, 1.807) is 0 Å². The van der Waals surface area contributed by atoms with Crippen LogP contribution in [0, 0.1) is 0 Å².